The highest BCUT2D eigenvalue weighted by atomic mass is 35.5. The van der Waals surface area contributed by atoms with Crippen LogP contribution in [0, 0.1) is 0 Å². The molecule has 0 fully saturated rings. The molecule has 3 aromatic carbocycles. The van der Waals surface area contributed by atoms with Gasteiger partial charge in [-0.15, -0.1) is 0 Å². The molecule has 0 aliphatic carbocycles. The van der Waals surface area contributed by atoms with Crippen molar-refractivity contribution >= 4 is 40.6 Å². The smallest absolute Gasteiger partial charge is 0.323 e. The lowest BCUT2D eigenvalue weighted by Crippen LogP contribution is -2.45. The molecule has 1 unspecified atom stereocenters. The molecule has 0 saturated carbocycles. The quantitative estimate of drug-likeness (QED) is 0.504. The molecular weight excluding hydrogens is 426 g/mol. The van der Waals surface area contributed by atoms with Crippen molar-refractivity contribution in [1.82, 2.24) is 0 Å². The van der Waals surface area contributed by atoms with E-state index in [1.807, 2.05) is 18.2 Å². The number of amides is 3. The van der Waals surface area contributed by atoms with Gasteiger partial charge in [0.1, 0.15) is 5.75 Å². The number of hydrogen-bond donors (Lipinski definition) is 2. The fourth-order valence-electron chi connectivity index (χ4n) is 3.66. The van der Waals surface area contributed by atoms with Gasteiger partial charge in [0.25, 0.3) is 5.91 Å². The summed E-state index contributed by atoms with van der Waals surface area (Å²) < 4.78 is 5.77. The zero-order valence-electron chi connectivity index (χ0n) is 17.7. The fourth-order valence-corrected chi connectivity index (χ4v) is 3.85. The molecule has 164 valence electrons. The first-order chi connectivity index (χ1) is 15.5. The summed E-state index contributed by atoms with van der Waals surface area (Å²) in [5.74, 6) is 0.531. The Labute approximate surface area is 192 Å². The number of hydrogen-bond acceptors (Lipinski definition) is 3. The number of anilines is 3. The molecular formula is C25H24ClN3O3. The van der Waals surface area contributed by atoms with Crippen LogP contribution in [0.2, 0.25) is 5.02 Å². The SMILES string of the molecule is CC1Oc2ccc(NC(=O)Nc3cccc(Cl)c3)cc2N(CCCc2ccccc2)C1=O. The van der Waals surface area contributed by atoms with Gasteiger partial charge in [-0.1, -0.05) is 48.0 Å². The summed E-state index contributed by atoms with van der Waals surface area (Å²) in [6.45, 7) is 2.31. The van der Waals surface area contributed by atoms with E-state index in [0.717, 1.165) is 12.8 Å². The predicted octanol–water partition coefficient (Wildman–Crippen LogP) is 5.73. The van der Waals surface area contributed by atoms with Crippen LogP contribution in [0.15, 0.2) is 72.8 Å². The summed E-state index contributed by atoms with van der Waals surface area (Å²) in [6, 6.07) is 22.0. The Hall–Kier alpha value is -3.51. The van der Waals surface area contributed by atoms with Gasteiger partial charge in [0, 0.05) is 22.9 Å². The number of nitrogens with zero attached hydrogens (tertiary/aromatic N) is 1. The minimum absolute atomic E-state index is 0.0916. The maximum absolute atomic E-state index is 12.8. The number of carbonyl (C=O) groups excluding carboxylic acids is 2. The van der Waals surface area contributed by atoms with Crippen LogP contribution in [0.3, 0.4) is 0 Å². The molecule has 2 N–H and O–H groups in total. The maximum Gasteiger partial charge on any atom is 0.323 e. The Morgan fingerprint density at radius 1 is 1.00 bits per heavy atom. The first kappa shape index (κ1) is 21.7. The summed E-state index contributed by atoms with van der Waals surface area (Å²) in [7, 11) is 0. The lowest BCUT2D eigenvalue weighted by molar-refractivity contribution is -0.125. The minimum Gasteiger partial charge on any atom is -0.479 e. The second-order valence-corrected chi connectivity index (χ2v) is 8.05. The van der Waals surface area contributed by atoms with Gasteiger partial charge >= 0.3 is 6.03 Å². The van der Waals surface area contributed by atoms with Crippen molar-refractivity contribution in [2.24, 2.45) is 0 Å². The molecule has 3 aromatic rings. The molecule has 3 amide bonds. The number of benzene rings is 3. The molecule has 1 atom stereocenters. The van der Waals surface area contributed by atoms with Crippen LogP contribution in [-0.4, -0.2) is 24.6 Å². The van der Waals surface area contributed by atoms with Crippen LogP contribution in [0.25, 0.3) is 0 Å². The van der Waals surface area contributed by atoms with Crippen molar-refractivity contribution in [3.63, 3.8) is 0 Å². The van der Waals surface area contributed by atoms with E-state index in [0.29, 0.717) is 34.4 Å². The topological polar surface area (TPSA) is 70.7 Å². The number of urea groups is 1. The van der Waals surface area contributed by atoms with Gasteiger partial charge in [-0.2, -0.15) is 0 Å². The highest BCUT2D eigenvalue weighted by Gasteiger charge is 2.31. The summed E-state index contributed by atoms with van der Waals surface area (Å²) in [5.41, 5.74) is 3.03. The number of fused-ring (bicyclic) bond motifs is 1. The lowest BCUT2D eigenvalue weighted by Gasteiger charge is -2.33. The van der Waals surface area contributed by atoms with Crippen LogP contribution in [0.5, 0.6) is 5.75 Å². The average molecular weight is 450 g/mol. The highest BCUT2D eigenvalue weighted by molar-refractivity contribution is 6.30. The zero-order chi connectivity index (χ0) is 22.5. The van der Waals surface area contributed by atoms with Crippen molar-refractivity contribution in [2.45, 2.75) is 25.9 Å². The zero-order valence-corrected chi connectivity index (χ0v) is 18.4. The summed E-state index contributed by atoms with van der Waals surface area (Å²) >= 11 is 5.97. The Bertz CT molecular complexity index is 1120. The standard InChI is InChI=1S/C25H24ClN3O3/c1-17-24(30)29(14-6-9-18-7-3-2-4-8-18)22-16-21(12-13-23(22)32-17)28-25(31)27-20-11-5-10-19(26)15-20/h2-5,7-8,10-13,15-17H,6,9,14H2,1H3,(H2,27,28,31). The van der Waals surface area contributed by atoms with Gasteiger partial charge in [-0.05, 0) is 61.7 Å². The Morgan fingerprint density at radius 2 is 1.75 bits per heavy atom. The number of nitrogens with one attached hydrogen (secondary N) is 2. The summed E-state index contributed by atoms with van der Waals surface area (Å²) in [4.78, 5) is 27.0. The molecule has 1 heterocycles. The summed E-state index contributed by atoms with van der Waals surface area (Å²) in [5, 5.41) is 6.08. The number of rotatable bonds is 6. The second-order valence-electron chi connectivity index (χ2n) is 7.61. The van der Waals surface area contributed by atoms with E-state index in [9.17, 15) is 9.59 Å². The van der Waals surface area contributed by atoms with Gasteiger partial charge in [0.05, 0.1) is 5.69 Å². The van der Waals surface area contributed by atoms with E-state index < -0.39 is 12.1 Å². The second kappa shape index (κ2) is 9.75. The Morgan fingerprint density at radius 3 is 2.50 bits per heavy atom. The van der Waals surface area contributed by atoms with Crippen LogP contribution < -0.4 is 20.3 Å². The molecule has 4 rings (SSSR count). The molecule has 0 saturated heterocycles. The van der Waals surface area contributed by atoms with E-state index in [1.54, 1.807) is 54.3 Å². The van der Waals surface area contributed by atoms with Crippen LogP contribution in [0.4, 0.5) is 21.9 Å². The van der Waals surface area contributed by atoms with Gasteiger partial charge in [-0.25, -0.2) is 4.79 Å². The Balaban J connectivity index is 1.46. The molecule has 0 spiro atoms. The molecule has 0 radical (unpaired) electrons. The Kier molecular flexibility index (Phi) is 6.61. The lowest BCUT2D eigenvalue weighted by atomic mass is 10.1. The van der Waals surface area contributed by atoms with Crippen molar-refractivity contribution in [2.75, 3.05) is 22.1 Å². The van der Waals surface area contributed by atoms with Gasteiger partial charge < -0.3 is 20.3 Å². The molecule has 7 heteroatoms. The maximum atomic E-state index is 12.8. The predicted molar refractivity (Wildman–Crippen MR) is 128 cm³/mol. The van der Waals surface area contributed by atoms with E-state index >= 15 is 0 Å². The molecule has 0 bridgehead atoms. The molecule has 0 aromatic heterocycles. The van der Waals surface area contributed by atoms with E-state index in [-0.39, 0.29) is 5.91 Å². The van der Waals surface area contributed by atoms with Crippen molar-refractivity contribution in [3.05, 3.63) is 83.4 Å². The highest BCUT2D eigenvalue weighted by Crippen LogP contribution is 2.36. The van der Waals surface area contributed by atoms with E-state index in [4.69, 9.17) is 16.3 Å². The summed E-state index contributed by atoms with van der Waals surface area (Å²) in [6.07, 6.45) is 1.13. The molecule has 6 nitrogen and oxygen atoms in total. The monoisotopic (exact) mass is 449 g/mol. The average Bonchev–Trinajstić information content (AvgIpc) is 2.77. The molecule has 1 aliphatic rings. The number of ether oxygens (including phenoxy) is 1. The van der Waals surface area contributed by atoms with E-state index in [2.05, 4.69) is 22.8 Å². The minimum atomic E-state index is -0.552. The van der Waals surface area contributed by atoms with E-state index in [1.165, 1.54) is 5.56 Å². The number of aryl methyl sites for hydroxylation is 1. The molecule has 1 aliphatic heterocycles. The van der Waals surface area contributed by atoms with Crippen LogP contribution in [-0.2, 0) is 11.2 Å². The normalized spacial score (nSPS) is 15.0. The van der Waals surface area contributed by atoms with Crippen molar-refractivity contribution in [1.29, 1.82) is 0 Å². The third-order valence-electron chi connectivity index (χ3n) is 5.20. The number of halogens is 1. The largest absolute Gasteiger partial charge is 0.479 e. The molecule has 32 heavy (non-hydrogen) atoms. The van der Waals surface area contributed by atoms with Crippen LogP contribution in [0.1, 0.15) is 18.9 Å². The van der Waals surface area contributed by atoms with Gasteiger partial charge in [0.2, 0.25) is 0 Å². The first-order valence-corrected chi connectivity index (χ1v) is 10.9. The van der Waals surface area contributed by atoms with Crippen molar-refractivity contribution in [3.8, 4) is 5.75 Å². The van der Waals surface area contributed by atoms with Gasteiger partial charge in [-0.3, -0.25) is 4.79 Å². The van der Waals surface area contributed by atoms with Crippen LogP contribution >= 0.6 is 11.6 Å². The first-order valence-electron chi connectivity index (χ1n) is 10.5. The van der Waals surface area contributed by atoms with Crippen molar-refractivity contribution < 1.29 is 14.3 Å². The third-order valence-corrected chi connectivity index (χ3v) is 5.43. The third kappa shape index (κ3) is 5.21. The fraction of sp³-hybridized carbons (Fsp3) is 0.200. The number of carbonyl (C=O) groups is 2. The van der Waals surface area contributed by atoms with Gasteiger partial charge in [0.15, 0.2) is 6.10 Å².